The Kier molecular flexibility index (Phi) is 7.34. The Balaban J connectivity index is 1.71. The van der Waals surface area contributed by atoms with Crippen LogP contribution in [-0.4, -0.2) is 50.8 Å². The largest absolute Gasteiger partial charge is 0.381 e. The molecule has 21 heavy (non-hydrogen) atoms. The Morgan fingerprint density at radius 3 is 2.71 bits per heavy atom. The van der Waals surface area contributed by atoms with Gasteiger partial charge in [-0.3, -0.25) is 4.99 Å². The molecule has 0 bridgehead atoms. The smallest absolute Gasteiger partial charge is 0.193 e. The van der Waals surface area contributed by atoms with Crippen molar-refractivity contribution in [3.8, 4) is 0 Å². The third kappa shape index (κ3) is 5.85. The Morgan fingerprint density at radius 2 is 2.05 bits per heavy atom. The van der Waals surface area contributed by atoms with E-state index in [-0.39, 0.29) is 0 Å². The molecular weight excluding hydrogens is 262 g/mol. The van der Waals surface area contributed by atoms with Crippen molar-refractivity contribution < 1.29 is 4.74 Å². The molecule has 1 aliphatic heterocycles. The van der Waals surface area contributed by atoms with Gasteiger partial charge in [0.05, 0.1) is 6.61 Å². The van der Waals surface area contributed by atoms with Gasteiger partial charge in [0.15, 0.2) is 5.96 Å². The number of nitrogens with zero attached hydrogens (tertiary/aromatic N) is 2. The van der Waals surface area contributed by atoms with Crippen LogP contribution in [0.25, 0.3) is 0 Å². The Bertz CT molecular complexity index is 307. The fourth-order valence-corrected chi connectivity index (χ4v) is 3.53. The van der Waals surface area contributed by atoms with E-state index in [0.29, 0.717) is 5.92 Å². The van der Waals surface area contributed by atoms with Crippen molar-refractivity contribution in [1.29, 1.82) is 0 Å². The van der Waals surface area contributed by atoms with E-state index in [1.165, 1.54) is 44.9 Å². The zero-order valence-corrected chi connectivity index (χ0v) is 13.9. The molecule has 4 nitrogen and oxygen atoms in total. The number of hydrogen-bond acceptors (Lipinski definition) is 2. The van der Waals surface area contributed by atoms with E-state index < -0.39 is 0 Å². The van der Waals surface area contributed by atoms with Crippen LogP contribution in [0.3, 0.4) is 0 Å². The average molecular weight is 295 g/mol. The first-order valence-electron chi connectivity index (χ1n) is 8.86. The molecule has 0 radical (unpaired) electrons. The molecule has 2 rings (SSSR count). The summed E-state index contributed by atoms with van der Waals surface area (Å²) in [6.07, 6.45) is 9.58. The van der Waals surface area contributed by atoms with Crippen molar-refractivity contribution in [3.05, 3.63) is 0 Å². The lowest BCUT2D eigenvalue weighted by Gasteiger charge is -2.24. The minimum atomic E-state index is 0.664. The fourth-order valence-electron chi connectivity index (χ4n) is 3.53. The summed E-state index contributed by atoms with van der Waals surface area (Å²) in [7, 11) is 2.15. The van der Waals surface area contributed by atoms with Crippen LogP contribution < -0.4 is 5.32 Å². The highest BCUT2D eigenvalue weighted by Crippen LogP contribution is 2.28. The van der Waals surface area contributed by atoms with Crippen LogP contribution in [0.4, 0.5) is 0 Å². The molecule has 0 aromatic carbocycles. The molecule has 4 heteroatoms. The zero-order chi connectivity index (χ0) is 14.9. The predicted molar refractivity (Wildman–Crippen MR) is 88.7 cm³/mol. The van der Waals surface area contributed by atoms with E-state index in [4.69, 9.17) is 9.73 Å². The fraction of sp³-hybridized carbons (Fsp3) is 0.941. The van der Waals surface area contributed by atoms with Crippen molar-refractivity contribution >= 4 is 5.96 Å². The highest BCUT2D eigenvalue weighted by molar-refractivity contribution is 5.79. The van der Waals surface area contributed by atoms with E-state index in [0.717, 1.165) is 44.7 Å². The molecule has 2 aliphatic rings. The van der Waals surface area contributed by atoms with Crippen LogP contribution in [0.5, 0.6) is 0 Å². The third-order valence-electron chi connectivity index (χ3n) is 4.76. The van der Waals surface area contributed by atoms with Crippen molar-refractivity contribution in [2.24, 2.45) is 16.8 Å². The first-order chi connectivity index (χ1) is 10.3. The number of guanidine groups is 1. The summed E-state index contributed by atoms with van der Waals surface area (Å²) in [4.78, 5) is 7.08. The summed E-state index contributed by atoms with van der Waals surface area (Å²) in [5.41, 5.74) is 0. The van der Waals surface area contributed by atoms with Crippen molar-refractivity contribution in [3.63, 3.8) is 0 Å². The number of hydrogen-bond donors (Lipinski definition) is 1. The van der Waals surface area contributed by atoms with Gasteiger partial charge in [-0.2, -0.15) is 0 Å². The predicted octanol–water partition coefficient (Wildman–Crippen LogP) is 2.89. The summed E-state index contributed by atoms with van der Waals surface area (Å²) in [6, 6.07) is 0. The van der Waals surface area contributed by atoms with Gasteiger partial charge in [-0.25, -0.2) is 0 Å². The maximum Gasteiger partial charge on any atom is 0.193 e. The van der Waals surface area contributed by atoms with Crippen LogP contribution in [0.15, 0.2) is 4.99 Å². The molecule has 1 saturated carbocycles. The highest BCUT2D eigenvalue weighted by Gasteiger charge is 2.19. The van der Waals surface area contributed by atoms with Gasteiger partial charge in [-0.1, -0.05) is 25.7 Å². The summed E-state index contributed by atoms with van der Waals surface area (Å²) in [5, 5.41) is 3.42. The lowest BCUT2D eigenvalue weighted by molar-refractivity contribution is 0.181. The summed E-state index contributed by atoms with van der Waals surface area (Å²) in [6.45, 7) is 6.92. The summed E-state index contributed by atoms with van der Waals surface area (Å²) in [5.74, 6) is 2.71. The van der Waals surface area contributed by atoms with Crippen molar-refractivity contribution in [2.45, 2.75) is 51.9 Å². The molecule has 0 aromatic heterocycles. The molecule has 0 amide bonds. The number of ether oxygens (including phenoxy) is 1. The second kappa shape index (κ2) is 9.29. The van der Waals surface area contributed by atoms with Gasteiger partial charge in [-0.15, -0.1) is 0 Å². The van der Waals surface area contributed by atoms with Crippen LogP contribution in [0, 0.1) is 11.8 Å². The van der Waals surface area contributed by atoms with Gasteiger partial charge in [-0.05, 0) is 32.1 Å². The second-order valence-electron chi connectivity index (χ2n) is 6.64. The molecule has 1 heterocycles. The van der Waals surface area contributed by atoms with Gasteiger partial charge in [0.2, 0.25) is 0 Å². The zero-order valence-electron chi connectivity index (χ0n) is 13.9. The molecule has 122 valence electrons. The molecule has 1 aliphatic carbocycles. The quantitative estimate of drug-likeness (QED) is 0.446. The van der Waals surface area contributed by atoms with Crippen LogP contribution >= 0.6 is 0 Å². The van der Waals surface area contributed by atoms with E-state index in [1.807, 2.05) is 0 Å². The maximum atomic E-state index is 5.47. The third-order valence-corrected chi connectivity index (χ3v) is 4.76. The summed E-state index contributed by atoms with van der Waals surface area (Å²) >= 11 is 0. The Morgan fingerprint density at radius 1 is 1.24 bits per heavy atom. The molecule has 1 saturated heterocycles. The maximum absolute atomic E-state index is 5.47. The second-order valence-corrected chi connectivity index (χ2v) is 6.64. The molecule has 1 N–H and O–H groups in total. The van der Waals surface area contributed by atoms with Gasteiger partial charge < -0.3 is 15.0 Å². The molecular formula is C17H33N3O. The molecule has 0 spiro atoms. The van der Waals surface area contributed by atoms with Gasteiger partial charge in [0, 0.05) is 39.2 Å². The van der Waals surface area contributed by atoms with Crippen molar-refractivity contribution in [1.82, 2.24) is 10.2 Å². The SMILES string of the molecule is CCNC(=NCCCC1CCCC1)N(C)CC1CCOC1. The first-order valence-corrected chi connectivity index (χ1v) is 8.86. The van der Waals surface area contributed by atoms with Crippen LogP contribution in [-0.2, 0) is 4.74 Å². The minimum Gasteiger partial charge on any atom is -0.381 e. The monoisotopic (exact) mass is 295 g/mol. The van der Waals surface area contributed by atoms with Crippen LogP contribution in [0.1, 0.15) is 51.9 Å². The van der Waals surface area contributed by atoms with Crippen LogP contribution in [0.2, 0.25) is 0 Å². The standard InChI is InChI=1S/C17H33N3O/c1-3-18-17(20(2)13-16-10-12-21-14-16)19-11-6-9-15-7-4-5-8-15/h15-16H,3-14H2,1-2H3,(H,18,19). The highest BCUT2D eigenvalue weighted by atomic mass is 16.5. The van der Waals surface area contributed by atoms with E-state index in [9.17, 15) is 0 Å². The molecule has 1 unspecified atom stereocenters. The minimum absolute atomic E-state index is 0.664. The Hall–Kier alpha value is -0.770. The van der Waals surface area contributed by atoms with Crippen molar-refractivity contribution in [2.75, 3.05) is 39.9 Å². The molecule has 0 aromatic rings. The van der Waals surface area contributed by atoms with Gasteiger partial charge >= 0.3 is 0 Å². The van der Waals surface area contributed by atoms with E-state index in [1.54, 1.807) is 0 Å². The topological polar surface area (TPSA) is 36.9 Å². The summed E-state index contributed by atoms with van der Waals surface area (Å²) < 4.78 is 5.47. The van der Waals surface area contributed by atoms with E-state index in [2.05, 4.69) is 24.2 Å². The Labute approximate surface area is 130 Å². The molecule has 2 fully saturated rings. The van der Waals surface area contributed by atoms with E-state index >= 15 is 0 Å². The molecule has 1 atom stereocenters. The first kappa shape index (κ1) is 16.6. The van der Waals surface area contributed by atoms with Gasteiger partial charge in [0.1, 0.15) is 0 Å². The number of aliphatic imine (C=N–C) groups is 1. The number of nitrogens with one attached hydrogen (secondary N) is 1. The lowest BCUT2D eigenvalue weighted by atomic mass is 10.0. The normalized spacial score (nSPS) is 23.7. The average Bonchev–Trinajstić information content (AvgIpc) is 3.15. The lowest BCUT2D eigenvalue weighted by Crippen LogP contribution is -2.41. The number of rotatable bonds is 7. The van der Waals surface area contributed by atoms with Gasteiger partial charge in [0.25, 0.3) is 0 Å².